The van der Waals surface area contributed by atoms with E-state index in [-0.39, 0.29) is 11.4 Å². The summed E-state index contributed by atoms with van der Waals surface area (Å²) in [5, 5.41) is 3.95. The number of anilines is 1. The van der Waals surface area contributed by atoms with Crippen molar-refractivity contribution >= 4 is 11.8 Å². The predicted octanol–water partition coefficient (Wildman–Crippen LogP) is 1.84. The van der Waals surface area contributed by atoms with Gasteiger partial charge in [-0.05, 0) is 0 Å². The Balaban J connectivity index is 2.23. The molecule has 1 fully saturated rings. The van der Waals surface area contributed by atoms with Gasteiger partial charge in [0.05, 0.1) is 0 Å². The molecular weight excluding hydrogens is 206 g/mol. The molecule has 1 aromatic rings. The molecule has 0 spiro atoms. The first-order valence-electron chi connectivity index (χ1n) is 5.39. The average Bonchev–Trinajstić information content (AvgIpc) is 2.74. The van der Waals surface area contributed by atoms with E-state index >= 15 is 0 Å². The van der Waals surface area contributed by atoms with Crippen LogP contribution in [-0.4, -0.2) is 36.2 Å². The highest BCUT2D eigenvalue weighted by atomic mass is 16.5. The number of urea groups is 1. The van der Waals surface area contributed by atoms with Crippen molar-refractivity contribution in [3.05, 3.63) is 11.8 Å². The number of hydrogen-bond donors (Lipinski definition) is 0. The Morgan fingerprint density at radius 1 is 1.38 bits per heavy atom. The maximum Gasteiger partial charge on any atom is 0.325 e. The summed E-state index contributed by atoms with van der Waals surface area (Å²) in [6.07, 6.45) is 0. The normalized spacial score (nSPS) is 17.4. The molecule has 2 heterocycles. The molecule has 1 aliphatic rings. The van der Waals surface area contributed by atoms with E-state index in [9.17, 15) is 4.79 Å². The maximum atomic E-state index is 11.7. The van der Waals surface area contributed by atoms with Crippen molar-refractivity contribution in [2.45, 2.75) is 26.2 Å². The zero-order chi connectivity index (χ0) is 11.9. The number of likely N-dealkylation sites (N-methyl/N-ethyl adjacent to an activating group) is 1. The number of hydrogen-bond acceptors (Lipinski definition) is 3. The van der Waals surface area contributed by atoms with Crippen LogP contribution in [-0.2, 0) is 5.41 Å². The van der Waals surface area contributed by atoms with Crippen LogP contribution >= 0.6 is 0 Å². The zero-order valence-corrected chi connectivity index (χ0v) is 10.1. The fourth-order valence-electron chi connectivity index (χ4n) is 1.61. The number of rotatable bonds is 1. The minimum atomic E-state index is -0.0834. The fraction of sp³-hybridized carbons (Fsp3) is 0.636. The molecule has 0 unspecified atom stereocenters. The molecule has 2 amide bonds. The van der Waals surface area contributed by atoms with Crippen LogP contribution in [0.25, 0.3) is 0 Å². The third kappa shape index (κ3) is 1.77. The standard InChI is InChI=1S/C11H17N3O2/c1-11(2,3)8-7-9(12-16-8)14-6-5-13(4)10(14)15/h7H,5-6H2,1-4H3. The summed E-state index contributed by atoms with van der Waals surface area (Å²) >= 11 is 0. The molecule has 0 atom stereocenters. The van der Waals surface area contributed by atoms with Gasteiger partial charge in [-0.15, -0.1) is 0 Å². The lowest BCUT2D eigenvalue weighted by Gasteiger charge is -2.13. The first-order valence-corrected chi connectivity index (χ1v) is 5.39. The predicted molar refractivity (Wildman–Crippen MR) is 60.6 cm³/mol. The third-order valence-electron chi connectivity index (χ3n) is 2.73. The highest BCUT2D eigenvalue weighted by Gasteiger charge is 2.30. The van der Waals surface area contributed by atoms with Crippen LogP contribution in [0.4, 0.5) is 10.6 Å². The Kier molecular flexibility index (Phi) is 2.40. The Labute approximate surface area is 95.0 Å². The second-order valence-electron chi connectivity index (χ2n) is 5.16. The van der Waals surface area contributed by atoms with Gasteiger partial charge in [-0.25, -0.2) is 4.79 Å². The lowest BCUT2D eigenvalue weighted by molar-refractivity contribution is 0.229. The Morgan fingerprint density at radius 3 is 2.50 bits per heavy atom. The molecule has 0 radical (unpaired) electrons. The van der Waals surface area contributed by atoms with Crippen LogP contribution in [0.15, 0.2) is 10.6 Å². The molecule has 2 rings (SSSR count). The van der Waals surface area contributed by atoms with E-state index in [1.807, 2.05) is 6.07 Å². The zero-order valence-electron chi connectivity index (χ0n) is 10.1. The summed E-state index contributed by atoms with van der Waals surface area (Å²) in [5.41, 5.74) is -0.0834. The first kappa shape index (κ1) is 11.0. The Morgan fingerprint density at radius 2 is 2.06 bits per heavy atom. The van der Waals surface area contributed by atoms with E-state index in [0.29, 0.717) is 12.4 Å². The van der Waals surface area contributed by atoms with Crippen LogP contribution in [0.3, 0.4) is 0 Å². The Hall–Kier alpha value is -1.52. The van der Waals surface area contributed by atoms with Gasteiger partial charge in [0, 0.05) is 31.6 Å². The highest BCUT2D eigenvalue weighted by Crippen LogP contribution is 2.27. The third-order valence-corrected chi connectivity index (χ3v) is 2.73. The van der Waals surface area contributed by atoms with Gasteiger partial charge >= 0.3 is 6.03 Å². The number of aromatic nitrogens is 1. The number of carbonyl (C=O) groups is 1. The minimum Gasteiger partial charge on any atom is -0.359 e. The molecule has 1 aromatic heterocycles. The van der Waals surface area contributed by atoms with Crippen LogP contribution in [0.2, 0.25) is 0 Å². The summed E-state index contributed by atoms with van der Waals surface area (Å²) in [6.45, 7) is 7.56. The van der Waals surface area contributed by atoms with E-state index in [2.05, 4.69) is 25.9 Å². The summed E-state index contributed by atoms with van der Waals surface area (Å²) in [5.74, 6) is 1.41. The highest BCUT2D eigenvalue weighted by molar-refractivity contribution is 5.92. The molecule has 16 heavy (non-hydrogen) atoms. The molecule has 0 aliphatic carbocycles. The van der Waals surface area contributed by atoms with E-state index in [1.54, 1.807) is 16.8 Å². The summed E-state index contributed by atoms with van der Waals surface area (Å²) in [6, 6.07) is 1.82. The molecule has 1 saturated heterocycles. The number of amides is 2. The van der Waals surface area contributed by atoms with Crippen molar-refractivity contribution in [2.75, 3.05) is 25.0 Å². The van der Waals surface area contributed by atoms with E-state index < -0.39 is 0 Å². The average molecular weight is 223 g/mol. The molecule has 5 heteroatoms. The summed E-state index contributed by atoms with van der Waals surface area (Å²) < 4.78 is 5.26. The SMILES string of the molecule is CN1CCN(c2cc(C(C)(C)C)on2)C1=O. The van der Waals surface area contributed by atoms with Gasteiger partial charge in [-0.2, -0.15) is 0 Å². The van der Waals surface area contributed by atoms with Crippen molar-refractivity contribution in [3.63, 3.8) is 0 Å². The van der Waals surface area contributed by atoms with Gasteiger partial charge in [0.15, 0.2) is 5.82 Å². The lowest BCUT2D eigenvalue weighted by Crippen LogP contribution is -2.29. The molecule has 0 saturated carbocycles. The molecule has 5 nitrogen and oxygen atoms in total. The quantitative estimate of drug-likeness (QED) is 0.730. The molecular formula is C11H17N3O2. The molecule has 0 N–H and O–H groups in total. The van der Waals surface area contributed by atoms with Gasteiger partial charge in [0.2, 0.25) is 0 Å². The summed E-state index contributed by atoms with van der Waals surface area (Å²) in [7, 11) is 1.78. The van der Waals surface area contributed by atoms with E-state index in [1.165, 1.54) is 0 Å². The molecule has 0 aromatic carbocycles. The van der Waals surface area contributed by atoms with Crippen molar-refractivity contribution in [3.8, 4) is 0 Å². The van der Waals surface area contributed by atoms with Crippen molar-refractivity contribution in [1.82, 2.24) is 10.1 Å². The van der Waals surface area contributed by atoms with Crippen molar-refractivity contribution in [2.24, 2.45) is 0 Å². The van der Waals surface area contributed by atoms with Crippen LogP contribution < -0.4 is 4.90 Å². The van der Waals surface area contributed by atoms with Crippen LogP contribution in [0.5, 0.6) is 0 Å². The van der Waals surface area contributed by atoms with Gasteiger partial charge in [0.25, 0.3) is 0 Å². The monoisotopic (exact) mass is 223 g/mol. The van der Waals surface area contributed by atoms with Crippen molar-refractivity contribution < 1.29 is 9.32 Å². The smallest absolute Gasteiger partial charge is 0.325 e. The fourth-order valence-corrected chi connectivity index (χ4v) is 1.61. The van der Waals surface area contributed by atoms with E-state index in [0.717, 1.165) is 12.3 Å². The topological polar surface area (TPSA) is 49.6 Å². The van der Waals surface area contributed by atoms with Gasteiger partial charge in [-0.1, -0.05) is 25.9 Å². The maximum absolute atomic E-state index is 11.7. The molecule has 1 aliphatic heterocycles. The first-order chi connectivity index (χ1) is 7.39. The van der Waals surface area contributed by atoms with Gasteiger partial charge < -0.3 is 9.42 Å². The minimum absolute atomic E-state index is 0.0197. The largest absolute Gasteiger partial charge is 0.359 e. The lowest BCUT2D eigenvalue weighted by atomic mass is 9.93. The van der Waals surface area contributed by atoms with Crippen molar-refractivity contribution in [1.29, 1.82) is 0 Å². The molecule has 88 valence electrons. The Bertz CT molecular complexity index is 406. The second-order valence-corrected chi connectivity index (χ2v) is 5.16. The second kappa shape index (κ2) is 3.50. The van der Waals surface area contributed by atoms with Gasteiger partial charge in [-0.3, -0.25) is 4.90 Å². The van der Waals surface area contributed by atoms with Crippen LogP contribution in [0.1, 0.15) is 26.5 Å². The number of carbonyl (C=O) groups excluding carboxylic acids is 1. The number of nitrogens with zero attached hydrogens (tertiary/aromatic N) is 3. The van der Waals surface area contributed by atoms with Gasteiger partial charge in [0.1, 0.15) is 5.76 Å². The van der Waals surface area contributed by atoms with E-state index in [4.69, 9.17) is 4.52 Å². The molecule has 0 bridgehead atoms. The van der Waals surface area contributed by atoms with Crippen LogP contribution in [0, 0.1) is 0 Å². The summed E-state index contributed by atoms with van der Waals surface area (Å²) in [4.78, 5) is 15.0.